The molecule has 0 aromatic heterocycles. The quantitative estimate of drug-likeness (QED) is 0.675. The van der Waals surface area contributed by atoms with Crippen LogP contribution in [-0.2, 0) is 22.7 Å². The molecule has 172 valence electrons. The summed E-state index contributed by atoms with van der Waals surface area (Å²) in [5.41, 5.74) is 8.97. The number of carbonyl (C=O) groups excluding carboxylic acids is 3. The molecule has 1 aromatic rings. The number of imide groups is 1. The molecule has 0 bridgehead atoms. The fourth-order valence-electron chi connectivity index (χ4n) is 5.77. The lowest BCUT2D eigenvalue weighted by Gasteiger charge is -2.41. The zero-order chi connectivity index (χ0) is 22.2. The first-order chi connectivity index (χ1) is 15.5. The third kappa shape index (κ3) is 4.19. The summed E-state index contributed by atoms with van der Waals surface area (Å²) in [4.78, 5) is 43.6. The molecule has 5 rings (SSSR count). The number of hydrogen-bond acceptors (Lipinski definition) is 6. The van der Waals surface area contributed by atoms with Crippen LogP contribution in [0.2, 0.25) is 0 Å². The van der Waals surface area contributed by atoms with E-state index in [-0.39, 0.29) is 24.1 Å². The third-order valence-electron chi connectivity index (χ3n) is 7.72. The van der Waals surface area contributed by atoms with Crippen LogP contribution in [0.15, 0.2) is 18.2 Å². The van der Waals surface area contributed by atoms with Crippen LogP contribution < -0.4 is 11.1 Å². The Balaban J connectivity index is 1.22. The predicted molar refractivity (Wildman–Crippen MR) is 120 cm³/mol. The minimum absolute atomic E-state index is 0.0987. The summed E-state index contributed by atoms with van der Waals surface area (Å²) in [5.74, 6) is -0.713. The van der Waals surface area contributed by atoms with E-state index in [0.717, 1.165) is 51.1 Å². The Morgan fingerprint density at radius 1 is 0.969 bits per heavy atom. The second-order valence-electron chi connectivity index (χ2n) is 9.72. The molecule has 3 N–H and O–H groups in total. The SMILES string of the molecule is NC1CCN(C2CCN(Cc3cccc4c3CN(C3CCC(=O)NC3=O)C4=O)CC2)CC1. The molecule has 3 saturated heterocycles. The van der Waals surface area contributed by atoms with Gasteiger partial charge in [-0.2, -0.15) is 0 Å². The molecule has 3 fully saturated rings. The van der Waals surface area contributed by atoms with Crippen molar-refractivity contribution in [3.63, 3.8) is 0 Å². The summed E-state index contributed by atoms with van der Waals surface area (Å²) < 4.78 is 0. The van der Waals surface area contributed by atoms with E-state index in [9.17, 15) is 14.4 Å². The lowest BCUT2D eigenvalue weighted by molar-refractivity contribution is -0.136. The number of fused-ring (bicyclic) bond motifs is 1. The van der Waals surface area contributed by atoms with Crippen molar-refractivity contribution >= 4 is 17.7 Å². The number of nitrogens with two attached hydrogens (primary N) is 1. The summed E-state index contributed by atoms with van der Waals surface area (Å²) in [7, 11) is 0. The molecule has 0 aliphatic carbocycles. The Labute approximate surface area is 189 Å². The average Bonchev–Trinajstić information content (AvgIpc) is 3.12. The first-order valence-electron chi connectivity index (χ1n) is 12.0. The molecule has 1 atom stereocenters. The number of benzene rings is 1. The molecule has 4 aliphatic heterocycles. The summed E-state index contributed by atoms with van der Waals surface area (Å²) in [6.07, 6.45) is 5.23. The molecule has 4 heterocycles. The second-order valence-corrected chi connectivity index (χ2v) is 9.72. The van der Waals surface area contributed by atoms with E-state index in [4.69, 9.17) is 5.73 Å². The highest BCUT2D eigenvalue weighted by molar-refractivity contribution is 6.05. The standard InChI is InChI=1S/C24H33N5O3/c25-17-6-12-28(13-7-17)18-8-10-27(11-9-18)14-16-2-1-3-19-20(16)15-29(24(19)32)21-4-5-22(30)26-23(21)31/h1-3,17-18,21H,4-15,25H2,(H,26,30,31). The summed E-state index contributed by atoms with van der Waals surface area (Å²) in [6.45, 7) is 5.63. The van der Waals surface area contributed by atoms with Crippen LogP contribution in [0.25, 0.3) is 0 Å². The Bertz CT molecular complexity index is 903. The number of piperidine rings is 3. The fraction of sp³-hybridized carbons (Fsp3) is 0.625. The minimum Gasteiger partial charge on any atom is -0.328 e. The van der Waals surface area contributed by atoms with Gasteiger partial charge in [-0.15, -0.1) is 0 Å². The van der Waals surface area contributed by atoms with Crippen molar-refractivity contribution < 1.29 is 14.4 Å². The number of nitrogens with zero attached hydrogens (tertiary/aromatic N) is 3. The van der Waals surface area contributed by atoms with E-state index < -0.39 is 6.04 Å². The second kappa shape index (κ2) is 8.92. The highest BCUT2D eigenvalue weighted by atomic mass is 16.2. The van der Waals surface area contributed by atoms with Gasteiger partial charge in [0.25, 0.3) is 5.91 Å². The summed E-state index contributed by atoms with van der Waals surface area (Å²) in [6, 6.07) is 6.38. The Morgan fingerprint density at radius 2 is 1.72 bits per heavy atom. The van der Waals surface area contributed by atoms with Crippen molar-refractivity contribution in [2.45, 2.75) is 69.7 Å². The van der Waals surface area contributed by atoms with E-state index in [2.05, 4.69) is 21.2 Å². The van der Waals surface area contributed by atoms with Crippen molar-refractivity contribution in [1.29, 1.82) is 0 Å². The third-order valence-corrected chi connectivity index (χ3v) is 7.72. The average molecular weight is 440 g/mol. The number of nitrogens with one attached hydrogen (secondary N) is 1. The Morgan fingerprint density at radius 3 is 2.44 bits per heavy atom. The topological polar surface area (TPSA) is 99.0 Å². The predicted octanol–water partition coefficient (Wildman–Crippen LogP) is 0.835. The van der Waals surface area contributed by atoms with Crippen LogP contribution >= 0.6 is 0 Å². The van der Waals surface area contributed by atoms with Gasteiger partial charge in [0.05, 0.1) is 0 Å². The van der Waals surface area contributed by atoms with E-state index in [1.54, 1.807) is 4.90 Å². The van der Waals surface area contributed by atoms with Gasteiger partial charge in [0.2, 0.25) is 11.8 Å². The van der Waals surface area contributed by atoms with Crippen LogP contribution in [0, 0.1) is 0 Å². The Kier molecular flexibility index (Phi) is 6.01. The number of rotatable bonds is 4. The number of amides is 3. The lowest BCUT2D eigenvalue weighted by atomic mass is 9.97. The van der Waals surface area contributed by atoms with Gasteiger partial charge in [0, 0.05) is 37.2 Å². The molecule has 0 spiro atoms. The maximum absolute atomic E-state index is 13.0. The van der Waals surface area contributed by atoms with Crippen molar-refractivity contribution in [1.82, 2.24) is 20.0 Å². The zero-order valence-corrected chi connectivity index (χ0v) is 18.6. The van der Waals surface area contributed by atoms with Crippen LogP contribution in [0.5, 0.6) is 0 Å². The molecule has 8 nitrogen and oxygen atoms in total. The first-order valence-corrected chi connectivity index (χ1v) is 12.0. The van der Waals surface area contributed by atoms with Crippen LogP contribution in [-0.4, -0.2) is 76.7 Å². The van der Waals surface area contributed by atoms with Crippen LogP contribution in [0.3, 0.4) is 0 Å². The van der Waals surface area contributed by atoms with Crippen molar-refractivity contribution in [2.24, 2.45) is 5.73 Å². The monoisotopic (exact) mass is 439 g/mol. The smallest absolute Gasteiger partial charge is 0.255 e. The molecule has 3 amide bonds. The molecule has 1 aromatic carbocycles. The van der Waals surface area contributed by atoms with Crippen molar-refractivity contribution in [2.75, 3.05) is 26.2 Å². The zero-order valence-electron chi connectivity index (χ0n) is 18.6. The summed E-state index contributed by atoms with van der Waals surface area (Å²) >= 11 is 0. The van der Waals surface area contributed by atoms with E-state index >= 15 is 0 Å². The molecule has 0 radical (unpaired) electrons. The van der Waals surface area contributed by atoms with Gasteiger partial charge in [-0.1, -0.05) is 12.1 Å². The largest absolute Gasteiger partial charge is 0.328 e. The molecule has 4 aliphatic rings. The normalized spacial score (nSPS) is 26.5. The lowest BCUT2D eigenvalue weighted by Crippen LogP contribution is -2.52. The van der Waals surface area contributed by atoms with Crippen LogP contribution in [0.1, 0.15) is 60.0 Å². The maximum Gasteiger partial charge on any atom is 0.255 e. The van der Waals surface area contributed by atoms with Gasteiger partial charge in [-0.25, -0.2) is 0 Å². The molecule has 1 unspecified atom stereocenters. The van der Waals surface area contributed by atoms with Crippen LogP contribution in [0.4, 0.5) is 0 Å². The fourth-order valence-corrected chi connectivity index (χ4v) is 5.77. The highest BCUT2D eigenvalue weighted by Gasteiger charge is 2.40. The molecule has 8 heteroatoms. The van der Waals surface area contributed by atoms with Gasteiger partial charge < -0.3 is 15.5 Å². The Hall–Kier alpha value is -2.29. The molecule has 32 heavy (non-hydrogen) atoms. The van der Waals surface area contributed by atoms with Gasteiger partial charge in [-0.3, -0.25) is 24.6 Å². The highest BCUT2D eigenvalue weighted by Crippen LogP contribution is 2.31. The van der Waals surface area contributed by atoms with Gasteiger partial charge in [0.15, 0.2) is 0 Å². The van der Waals surface area contributed by atoms with Gasteiger partial charge in [0.1, 0.15) is 6.04 Å². The van der Waals surface area contributed by atoms with Crippen molar-refractivity contribution in [3.05, 3.63) is 34.9 Å². The first kappa shape index (κ1) is 21.6. The maximum atomic E-state index is 13.0. The number of hydrogen-bond donors (Lipinski definition) is 2. The number of likely N-dealkylation sites (tertiary alicyclic amines) is 2. The van der Waals surface area contributed by atoms with E-state index in [1.807, 2.05) is 12.1 Å². The van der Waals surface area contributed by atoms with Gasteiger partial charge in [-0.05, 0) is 75.5 Å². The van der Waals surface area contributed by atoms with E-state index in [0.29, 0.717) is 30.6 Å². The molecular weight excluding hydrogens is 406 g/mol. The molecular formula is C24H33N5O3. The van der Waals surface area contributed by atoms with Crippen molar-refractivity contribution in [3.8, 4) is 0 Å². The van der Waals surface area contributed by atoms with Gasteiger partial charge >= 0.3 is 0 Å². The van der Waals surface area contributed by atoms with E-state index in [1.165, 1.54) is 18.4 Å². The number of carbonyl (C=O) groups is 3. The summed E-state index contributed by atoms with van der Waals surface area (Å²) in [5, 5.41) is 2.38. The minimum atomic E-state index is -0.561. The molecule has 0 saturated carbocycles.